The quantitative estimate of drug-likeness (QED) is 0.767. The maximum Gasteiger partial charge on any atom is 0.257 e. The van der Waals surface area contributed by atoms with E-state index in [4.69, 9.17) is 4.98 Å². The van der Waals surface area contributed by atoms with Crippen LogP contribution in [0.3, 0.4) is 0 Å². The Kier molecular flexibility index (Phi) is 4.05. The van der Waals surface area contributed by atoms with E-state index in [1.54, 1.807) is 4.68 Å². The Bertz CT molecular complexity index is 945. The van der Waals surface area contributed by atoms with Crippen molar-refractivity contribution in [2.24, 2.45) is 7.05 Å². The van der Waals surface area contributed by atoms with Crippen LogP contribution in [0.25, 0.3) is 11.0 Å². The van der Waals surface area contributed by atoms with E-state index in [0.717, 1.165) is 48.4 Å². The van der Waals surface area contributed by atoms with Crippen molar-refractivity contribution in [2.45, 2.75) is 46.1 Å². The van der Waals surface area contributed by atoms with Crippen LogP contribution >= 0.6 is 0 Å². The van der Waals surface area contributed by atoms with Crippen molar-refractivity contribution in [1.29, 1.82) is 0 Å². The largest absolute Gasteiger partial charge is 0.340 e. The number of aromatic nitrogens is 4. The summed E-state index contributed by atoms with van der Waals surface area (Å²) in [5.41, 5.74) is 5.95. The number of imidazole rings is 1. The molecule has 1 saturated heterocycles. The summed E-state index contributed by atoms with van der Waals surface area (Å²) in [5.74, 6) is 0.938. The van der Waals surface area contributed by atoms with Gasteiger partial charge in [0, 0.05) is 19.8 Å². The Balaban J connectivity index is 1.71. The molecule has 0 aliphatic carbocycles. The summed E-state index contributed by atoms with van der Waals surface area (Å²) >= 11 is 0. The number of carbonyl (C=O) groups is 1. The molecular weight excluding hydrogens is 326 g/mol. The van der Waals surface area contributed by atoms with Crippen LogP contribution in [0.15, 0.2) is 18.3 Å². The van der Waals surface area contributed by atoms with Gasteiger partial charge >= 0.3 is 0 Å². The molecular formula is C20H25N5O. The fourth-order valence-corrected chi connectivity index (χ4v) is 3.87. The molecule has 2 aromatic heterocycles. The molecule has 1 atom stereocenters. The van der Waals surface area contributed by atoms with E-state index in [1.807, 2.05) is 25.1 Å². The van der Waals surface area contributed by atoms with Crippen LogP contribution in [0, 0.1) is 20.8 Å². The van der Waals surface area contributed by atoms with Gasteiger partial charge in [0.15, 0.2) is 0 Å². The maximum atomic E-state index is 13.2. The first-order chi connectivity index (χ1) is 12.4. The molecule has 0 saturated carbocycles. The lowest BCUT2D eigenvalue weighted by Crippen LogP contribution is -2.39. The number of hydrogen-bond donors (Lipinski definition) is 1. The average Bonchev–Trinajstić information content (AvgIpc) is 3.17. The van der Waals surface area contributed by atoms with Crippen LogP contribution in [0.2, 0.25) is 0 Å². The monoisotopic (exact) mass is 351 g/mol. The van der Waals surface area contributed by atoms with E-state index in [-0.39, 0.29) is 11.9 Å². The number of rotatable bonds is 2. The van der Waals surface area contributed by atoms with Crippen molar-refractivity contribution in [3.8, 4) is 0 Å². The molecule has 0 bridgehead atoms. The predicted octanol–water partition coefficient (Wildman–Crippen LogP) is 3.59. The summed E-state index contributed by atoms with van der Waals surface area (Å²) in [4.78, 5) is 23.4. The summed E-state index contributed by atoms with van der Waals surface area (Å²) in [6.45, 7) is 6.85. The second kappa shape index (κ2) is 6.27. The highest BCUT2D eigenvalue weighted by Crippen LogP contribution is 2.32. The Hall–Kier alpha value is -2.63. The molecule has 6 heteroatoms. The number of fused-ring (bicyclic) bond motifs is 1. The summed E-state index contributed by atoms with van der Waals surface area (Å²) in [7, 11) is 1.85. The van der Waals surface area contributed by atoms with Gasteiger partial charge in [-0.3, -0.25) is 9.48 Å². The lowest BCUT2D eigenvalue weighted by atomic mass is 10.0. The molecule has 0 radical (unpaired) electrons. The highest BCUT2D eigenvalue weighted by Gasteiger charge is 2.32. The number of nitrogens with zero attached hydrogens (tertiary/aromatic N) is 4. The number of carbonyl (C=O) groups excluding carboxylic acids is 1. The van der Waals surface area contributed by atoms with Crippen molar-refractivity contribution in [3.63, 3.8) is 0 Å². The average molecular weight is 351 g/mol. The van der Waals surface area contributed by atoms with Gasteiger partial charge in [-0.2, -0.15) is 5.10 Å². The molecule has 1 aliphatic rings. The highest BCUT2D eigenvalue weighted by atomic mass is 16.2. The van der Waals surface area contributed by atoms with Crippen molar-refractivity contribution < 1.29 is 4.79 Å². The van der Waals surface area contributed by atoms with Crippen LogP contribution in [0.1, 0.15) is 58.3 Å². The normalized spacial score (nSPS) is 17.8. The third kappa shape index (κ3) is 2.79. The standard InChI is InChI=1S/C20H25N5O/c1-12-9-16-17(10-13(12)2)22-19(21-16)18-7-5-6-8-25(18)20(26)15-11-24(4)23-14(15)3/h9-11,18H,5-8H2,1-4H3,(H,21,22). The predicted molar refractivity (Wildman–Crippen MR) is 101 cm³/mol. The van der Waals surface area contributed by atoms with E-state index >= 15 is 0 Å². The fraction of sp³-hybridized carbons (Fsp3) is 0.450. The van der Waals surface area contributed by atoms with Gasteiger partial charge in [-0.15, -0.1) is 0 Å². The van der Waals surface area contributed by atoms with Crippen LogP contribution in [-0.2, 0) is 7.05 Å². The molecule has 3 aromatic rings. The highest BCUT2D eigenvalue weighted by molar-refractivity contribution is 5.95. The molecule has 1 aliphatic heterocycles. The second-order valence-electron chi connectivity index (χ2n) is 7.39. The van der Waals surface area contributed by atoms with Crippen molar-refractivity contribution in [1.82, 2.24) is 24.6 Å². The Morgan fingerprint density at radius 2 is 1.96 bits per heavy atom. The van der Waals surface area contributed by atoms with Gasteiger partial charge in [0.2, 0.25) is 0 Å². The van der Waals surface area contributed by atoms with Crippen LogP contribution in [-0.4, -0.2) is 37.1 Å². The van der Waals surface area contributed by atoms with Crippen molar-refractivity contribution >= 4 is 16.9 Å². The first-order valence-electron chi connectivity index (χ1n) is 9.22. The lowest BCUT2D eigenvalue weighted by Gasteiger charge is -2.34. The molecule has 136 valence electrons. The van der Waals surface area contributed by atoms with Crippen LogP contribution < -0.4 is 0 Å². The van der Waals surface area contributed by atoms with Crippen LogP contribution in [0.4, 0.5) is 0 Å². The summed E-state index contributed by atoms with van der Waals surface area (Å²) in [5, 5.41) is 4.32. The van der Waals surface area contributed by atoms with Crippen molar-refractivity contribution in [3.05, 3.63) is 46.5 Å². The lowest BCUT2D eigenvalue weighted by molar-refractivity contribution is 0.0600. The van der Waals surface area contributed by atoms with Gasteiger partial charge in [-0.1, -0.05) is 0 Å². The van der Waals surface area contributed by atoms with Gasteiger partial charge in [0.1, 0.15) is 5.82 Å². The van der Waals surface area contributed by atoms with Gasteiger partial charge in [0.25, 0.3) is 5.91 Å². The van der Waals surface area contributed by atoms with E-state index in [9.17, 15) is 4.79 Å². The zero-order chi connectivity index (χ0) is 18.4. The molecule has 1 N–H and O–H groups in total. The third-order valence-corrected chi connectivity index (χ3v) is 5.44. The fourth-order valence-electron chi connectivity index (χ4n) is 3.87. The van der Waals surface area contributed by atoms with Gasteiger partial charge in [-0.05, 0) is 63.3 Å². The third-order valence-electron chi connectivity index (χ3n) is 5.44. The summed E-state index contributed by atoms with van der Waals surface area (Å²) in [6.07, 6.45) is 4.88. The summed E-state index contributed by atoms with van der Waals surface area (Å²) in [6, 6.07) is 4.25. The van der Waals surface area contributed by atoms with Crippen molar-refractivity contribution in [2.75, 3.05) is 6.54 Å². The summed E-state index contributed by atoms with van der Waals surface area (Å²) < 4.78 is 1.70. The van der Waals surface area contributed by atoms with Gasteiger partial charge in [0.05, 0.1) is 28.3 Å². The molecule has 1 aromatic carbocycles. The molecule has 3 heterocycles. The number of amides is 1. The smallest absolute Gasteiger partial charge is 0.257 e. The topological polar surface area (TPSA) is 66.8 Å². The number of benzene rings is 1. The Labute approximate surface area is 153 Å². The maximum absolute atomic E-state index is 13.2. The SMILES string of the molecule is Cc1cc2nc(C3CCCCN3C(=O)c3cn(C)nc3C)[nH]c2cc1C. The molecule has 0 spiro atoms. The number of aryl methyl sites for hydroxylation is 4. The molecule has 6 nitrogen and oxygen atoms in total. The first kappa shape index (κ1) is 16.8. The van der Waals surface area contributed by atoms with Gasteiger partial charge < -0.3 is 9.88 Å². The Morgan fingerprint density at radius 1 is 1.19 bits per heavy atom. The number of likely N-dealkylation sites (tertiary alicyclic amines) is 1. The number of H-pyrrole nitrogens is 1. The molecule has 4 rings (SSSR count). The molecule has 1 amide bonds. The second-order valence-corrected chi connectivity index (χ2v) is 7.39. The molecule has 1 fully saturated rings. The van der Waals surface area contributed by atoms with E-state index in [0.29, 0.717) is 5.56 Å². The number of aromatic amines is 1. The molecule has 26 heavy (non-hydrogen) atoms. The number of nitrogens with one attached hydrogen (secondary N) is 1. The zero-order valence-corrected chi connectivity index (χ0v) is 15.8. The minimum atomic E-state index is -0.0103. The Morgan fingerprint density at radius 3 is 2.69 bits per heavy atom. The minimum absolute atomic E-state index is 0.0103. The van der Waals surface area contributed by atoms with Gasteiger partial charge in [-0.25, -0.2) is 4.98 Å². The minimum Gasteiger partial charge on any atom is -0.340 e. The van der Waals surface area contributed by atoms with E-state index in [1.165, 1.54) is 11.1 Å². The zero-order valence-electron chi connectivity index (χ0n) is 15.8. The first-order valence-corrected chi connectivity index (χ1v) is 9.22. The van der Waals surface area contributed by atoms with Crippen LogP contribution in [0.5, 0.6) is 0 Å². The number of piperidine rings is 1. The van der Waals surface area contributed by atoms with E-state index in [2.05, 4.69) is 36.1 Å². The van der Waals surface area contributed by atoms with E-state index < -0.39 is 0 Å². The molecule has 1 unspecified atom stereocenters. The number of hydrogen-bond acceptors (Lipinski definition) is 3.